The smallest absolute Gasteiger partial charge is 0.232 e. The van der Waals surface area contributed by atoms with Crippen LogP contribution >= 0.6 is 11.6 Å². The summed E-state index contributed by atoms with van der Waals surface area (Å²) in [6, 6.07) is 8.88. The molecule has 0 aliphatic heterocycles. The van der Waals surface area contributed by atoms with Gasteiger partial charge >= 0.3 is 0 Å². The van der Waals surface area contributed by atoms with Crippen molar-refractivity contribution in [3.63, 3.8) is 0 Å². The fourth-order valence-electron chi connectivity index (χ4n) is 2.20. The topological polar surface area (TPSA) is 55.8 Å². The van der Waals surface area contributed by atoms with E-state index in [0.717, 1.165) is 10.6 Å². The van der Waals surface area contributed by atoms with E-state index >= 15 is 0 Å². The van der Waals surface area contributed by atoms with Gasteiger partial charge in [-0.25, -0.2) is 12.8 Å². The van der Waals surface area contributed by atoms with Crippen LogP contribution in [-0.4, -0.2) is 28.9 Å². The second-order valence-electron chi connectivity index (χ2n) is 5.01. The van der Waals surface area contributed by atoms with Crippen molar-refractivity contribution in [2.24, 2.45) is 0 Å². The van der Waals surface area contributed by atoms with Crippen LogP contribution in [0.3, 0.4) is 0 Å². The van der Waals surface area contributed by atoms with E-state index < -0.39 is 15.8 Å². The molecule has 5 nitrogen and oxygen atoms in total. The maximum absolute atomic E-state index is 14.1. The van der Waals surface area contributed by atoms with E-state index in [4.69, 9.17) is 21.1 Å². The summed E-state index contributed by atoms with van der Waals surface area (Å²) in [6.07, 6.45) is 1.03. The molecule has 0 fully saturated rings. The van der Waals surface area contributed by atoms with Crippen LogP contribution in [0.4, 0.5) is 10.1 Å². The second-order valence-corrected chi connectivity index (χ2v) is 7.32. The summed E-state index contributed by atoms with van der Waals surface area (Å²) in [5.41, 5.74) is 0.350. The van der Waals surface area contributed by atoms with Gasteiger partial charge in [0.1, 0.15) is 17.3 Å². The molecule has 0 aromatic heterocycles. The molecule has 0 bridgehead atoms. The van der Waals surface area contributed by atoms with Crippen molar-refractivity contribution in [3.05, 3.63) is 52.8 Å². The summed E-state index contributed by atoms with van der Waals surface area (Å²) < 4.78 is 50.0. The number of benzene rings is 2. The molecule has 130 valence electrons. The maximum Gasteiger partial charge on any atom is 0.232 e. The Kier molecular flexibility index (Phi) is 5.56. The zero-order chi connectivity index (χ0) is 17.9. The van der Waals surface area contributed by atoms with Gasteiger partial charge in [-0.3, -0.25) is 4.31 Å². The van der Waals surface area contributed by atoms with Gasteiger partial charge in [-0.15, -0.1) is 0 Å². The highest BCUT2D eigenvalue weighted by molar-refractivity contribution is 7.92. The second kappa shape index (κ2) is 7.27. The lowest BCUT2D eigenvalue weighted by Crippen LogP contribution is -2.30. The molecule has 0 amide bonds. The van der Waals surface area contributed by atoms with Gasteiger partial charge in [-0.05, 0) is 24.3 Å². The van der Waals surface area contributed by atoms with Gasteiger partial charge in [0.25, 0.3) is 0 Å². The van der Waals surface area contributed by atoms with E-state index in [-0.39, 0.29) is 28.6 Å². The highest BCUT2D eigenvalue weighted by Gasteiger charge is 2.24. The fourth-order valence-corrected chi connectivity index (χ4v) is 3.29. The Bertz CT molecular complexity index is 822. The summed E-state index contributed by atoms with van der Waals surface area (Å²) in [5, 5.41) is 0.149. The monoisotopic (exact) mass is 373 g/mol. The van der Waals surface area contributed by atoms with E-state index in [0.29, 0.717) is 5.75 Å². The predicted octanol–water partition coefficient (Wildman–Crippen LogP) is 3.46. The third-order valence-electron chi connectivity index (χ3n) is 3.42. The summed E-state index contributed by atoms with van der Waals surface area (Å²) in [5.74, 6) is 0.212. The van der Waals surface area contributed by atoms with E-state index in [2.05, 4.69) is 0 Å². The molecule has 0 radical (unpaired) electrons. The van der Waals surface area contributed by atoms with Crippen molar-refractivity contribution in [2.75, 3.05) is 24.8 Å². The van der Waals surface area contributed by atoms with E-state index in [9.17, 15) is 12.8 Å². The van der Waals surface area contributed by atoms with Crippen molar-refractivity contribution in [2.45, 2.75) is 6.54 Å². The van der Waals surface area contributed by atoms with Crippen LogP contribution in [0.25, 0.3) is 0 Å². The minimum Gasteiger partial charge on any atom is -0.497 e. The van der Waals surface area contributed by atoms with Gasteiger partial charge in [0, 0.05) is 16.7 Å². The molecule has 0 saturated heterocycles. The molecule has 0 N–H and O–H groups in total. The zero-order valence-electron chi connectivity index (χ0n) is 13.4. The van der Waals surface area contributed by atoms with Crippen LogP contribution in [0.15, 0.2) is 36.4 Å². The molecule has 2 rings (SSSR count). The van der Waals surface area contributed by atoms with E-state index in [1.165, 1.54) is 38.5 Å². The van der Waals surface area contributed by atoms with Gasteiger partial charge in [0.2, 0.25) is 10.0 Å². The van der Waals surface area contributed by atoms with Crippen LogP contribution in [0.5, 0.6) is 11.5 Å². The first-order chi connectivity index (χ1) is 11.3. The Hall–Kier alpha value is -1.99. The standard InChI is InChI=1S/C16H17ClFNO4S/c1-22-11-7-8-15(16(9-11)23-2)19(24(3,20)21)10-12-13(17)5-4-6-14(12)18/h4-9H,10H2,1-3H3. The molecule has 0 atom stereocenters. The molecule has 0 unspecified atom stereocenters. The lowest BCUT2D eigenvalue weighted by molar-refractivity contribution is 0.394. The molecule has 8 heteroatoms. The molecular formula is C16H17ClFNO4S. The van der Waals surface area contributed by atoms with Crippen LogP contribution < -0.4 is 13.8 Å². The Morgan fingerprint density at radius 2 is 1.88 bits per heavy atom. The number of sulfonamides is 1. The molecule has 24 heavy (non-hydrogen) atoms. The summed E-state index contributed by atoms with van der Waals surface area (Å²) >= 11 is 6.02. The highest BCUT2D eigenvalue weighted by Crippen LogP contribution is 2.35. The van der Waals surface area contributed by atoms with Crippen LogP contribution in [0.2, 0.25) is 5.02 Å². The number of ether oxygens (including phenoxy) is 2. The molecule has 0 aliphatic carbocycles. The Morgan fingerprint density at radius 1 is 1.17 bits per heavy atom. The Balaban J connectivity index is 2.55. The first-order valence-electron chi connectivity index (χ1n) is 6.90. The summed E-state index contributed by atoms with van der Waals surface area (Å²) in [7, 11) is -0.815. The number of methoxy groups -OCH3 is 2. The van der Waals surface area contributed by atoms with Gasteiger partial charge in [-0.1, -0.05) is 17.7 Å². The highest BCUT2D eigenvalue weighted by atomic mass is 35.5. The molecular weight excluding hydrogens is 357 g/mol. The summed E-state index contributed by atoms with van der Waals surface area (Å²) in [6.45, 7) is -0.257. The molecule has 2 aromatic carbocycles. The first kappa shape index (κ1) is 18.4. The van der Waals surface area contributed by atoms with Gasteiger partial charge < -0.3 is 9.47 Å². The lowest BCUT2D eigenvalue weighted by atomic mass is 10.2. The largest absolute Gasteiger partial charge is 0.497 e. The Morgan fingerprint density at radius 3 is 2.42 bits per heavy atom. The maximum atomic E-state index is 14.1. The van der Waals surface area contributed by atoms with Crippen molar-refractivity contribution in [3.8, 4) is 11.5 Å². The molecule has 2 aromatic rings. The number of rotatable bonds is 6. The minimum absolute atomic E-state index is 0.0856. The van der Waals surface area contributed by atoms with Gasteiger partial charge in [-0.2, -0.15) is 0 Å². The predicted molar refractivity (Wildman–Crippen MR) is 92.0 cm³/mol. The zero-order valence-corrected chi connectivity index (χ0v) is 15.0. The number of halogens is 2. The third kappa shape index (κ3) is 3.91. The number of nitrogens with zero attached hydrogens (tertiary/aromatic N) is 1. The normalized spacial score (nSPS) is 11.2. The summed E-state index contributed by atoms with van der Waals surface area (Å²) in [4.78, 5) is 0. The molecule has 0 saturated carbocycles. The van der Waals surface area contributed by atoms with Crippen molar-refractivity contribution >= 4 is 27.3 Å². The van der Waals surface area contributed by atoms with Crippen LogP contribution in [-0.2, 0) is 16.6 Å². The van der Waals surface area contributed by atoms with Crippen molar-refractivity contribution in [1.29, 1.82) is 0 Å². The average Bonchev–Trinajstić information content (AvgIpc) is 2.53. The van der Waals surface area contributed by atoms with E-state index in [1.807, 2.05) is 0 Å². The molecule has 0 spiro atoms. The SMILES string of the molecule is COc1ccc(N(Cc2c(F)cccc2Cl)S(C)(=O)=O)c(OC)c1. The van der Waals surface area contributed by atoms with Gasteiger partial charge in [0.05, 0.1) is 32.7 Å². The quantitative estimate of drug-likeness (QED) is 0.778. The molecule has 0 heterocycles. The molecule has 0 aliphatic rings. The lowest BCUT2D eigenvalue weighted by Gasteiger charge is -2.25. The number of hydrogen-bond donors (Lipinski definition) is 0. The third-order valence-corrected chi connectivity index (χ3v) is 4.90. The van der Waals surface area contributed by atoms with Crippen molar-refractivity contribution < 1.29 is 22.3 Å². The van der Waals surface area contributed by atoms with E-state index in [1.54, 1.807) is 12.1 Å². The first-order valence-corrected chi connectivity index (χ1v) is 9.13. The average molecular weight is 374 g/mol. The van der Waals surface area contributed by atoms with Crippen LogP contribution in [0, 0.1) is 5.82 Å². The minimum atomic E-state index is -3.71. The van der Waals surface area contributed by atoms with Gasteiger partial charge in [0.15, 0.2) is 0 Å². The number of anilines is 1. The number of hydrogen-bond acceptors (Lipinski definition) is 4. The van der Waals surface area contributed by atoms with Crippen LogP contribution in [0.1, 0.15) is 5.56 Å². The Labute approximate surface area is 145 Å². The van der Waals surface area contributed by atoms with Crippen molar-refractivity contribution in [1.82, 2.24) is 0 Å². The fraction of sp³-hybridized carbons (Fsp3) is 0.250.